The standard InChI is InChI=1S/C11H13Cl2NO4S2/c1-7(6-19(2)16)14-11(15)8-3-9(12)5-10(4-8)20(13,17)18/h3-5,7H,6H2,1-2H3,(H,14,15). The van der Waals surface area contributed by atoms with Crippen molar-refractivity contribution in [3.63, 3.8) is 0 Å². The molecule has 0 bridgehead atoms. The number of benzene rings is 1. The summed E-state index contributed by atoms with van der Waals surface area (Å²) in [5, 5.41) is 2.69. The van der Waals surface area contributed by atoms with Gasteiger partial charge in [0.2, 0.25) is 0 Å². The number of nitrogens with one attached hydrogen (secondary N) is 1. The van der Waals surface area contributed by atoms with Gasteiger partial charge in [-0.25, -0.2) is 8.42 Å². The maximum Gasteiger partial charge on any atom is 0.261 e. The highest BCUT2D eigenvalue weighted by atomic mass is 35.7. The van der Waals surface area contributed by atoms with E-state index in [1.807, 2.05) is 0 Å². The molecule has 20 heavy (non-hydrogen) atoms. The fourth-order valence-electron chi connectivity index (χ4n) is 1.54. The van der Waals surface area contributed by atoms with E-state index in [9.17, 15) is 17.4 Å². The summed E-state index contributed by atoms with van der Waals surface area (Å²) in [6.45, 7) is 1.70. The van der Waals surface area contributed by atoms with Crippen LogP contribution in [0.5, 0.6) is 0 Å². The number of halogens is 2. The minimum atomic E-state index is -3.97. The van der Waals surface area contributed by atoms with Crippen molar-refractivity contribution in [2.24, 2.45) is 0 Å². The van der Waals surface area contributed by atoms with Gasteiger partial charge in [0.25, 0.3) is 15.0 Å². The molecule has 0 spiro atoms. The summed E-state index contributed by atoms with van der Waals surface area (Å²) in [4.78, 5) is 11.7. The molecule has 1 rings (SSSR count). The quantitative estimate of drug-likeness (QED) is 0.814. The lowest BCUT2D eigenvalue weighted by Crippen LogP contribution is -2.36. The van der Waals surface area contributed by atoms with E-state index in [2.05, 4.69) is 5.32 Å². The Labute approximate surface area is 129 Å². The molecule has 0 radical (unpaired) electrons. The first-order valence-electron chi connectivity index (χ1n) is 5.45. The Morgan fingerprint density at radius 1 is 1.40 bits per heavy atom. The van der Waals surface area contributed by atoms with Crippen molar-refractivity contribution in [2.75, 3.05) is 12.0 Å². The van der Waals surface area contributed by atoms with Gasteiger partial charge in [-0.2, -0.15) is 0 Å². The second-order valence-corrected chi connectivity index (χ2v) is 8.71. The van der Waals surface area contributed by atoms with Crippen LogP contribution in [-0.4, -0.2) is 36.6 Å². The zero-order valence-corrected chi connectivity index (χ0v) is 13.9. The minimum absolute atomic E-state index is 0.0745. The number of rotatable bonds is 5. The van der Waals surface area contributed by atoms with Gasteiger partial charge in [0.1, 0.15) is 0 Å². The predicted octanol–water partition coefficient (Wildman–Crippen LogP) is 1.76. The van der Waals surface area contributed by atoms with Crippen LogP contribution in [0.2, 0.25) is 5.02 Å². The van der Waals surface area contributed by atoms with Crippen molar-refractivity contribution in [3.8, 4) is 0 Å². The average molecular weight is 358 g/mol. The molecule has 2 unspecified atom stereocenters. The van der Waals surface area contributed by atoms with Gasteiger partial charge in [-0.1, -0.05) is 11.6 Å². The van der Waals surface area contributed by atoms with Crippen molar-refractivity contribution in [3.05, 3.63) is 28.8 Å². The number of carbonyl (C=O) groups is 1. The fourth-order valence-corrected chi connectivity index (χ4v) is 3.43. The van der Waals surface area contributed by atoms with Crippen LogP contribution in [0.3, 0.4) is 0 Å². The third-order valence-electron chi connectivity index (χ3n) is 2.28. The summed E-state index contributed by atoms with van der Waals surface area (Å²) >= 11 is 5.77. The molecule has 9 heteroatoms. The summed E-state index contributed by atoms with van der Waals surface area (Å²) in [6.07, 6.45) is 1.53. The van der Waals surface area contributed by atoms with Gasteiger partial charge in [-0.15, -0.1) is 0 Å². The first-order chi connectivity index (χ1) is 9.09. The third-order valence-corrected chi connectivity index (χ3v) is 4.80. The third kappa shape index (κ3) is 5.40. The highest BCUT2D eigenvalue weighted by molar-refractivity contribution is 8.13. The second kappa shape index (κ2) is 6.89. The first-order valence-corrected chi connectivity index (χ1v) is 9.87. The zero-order valence-electron chi connectivity index (χ0n) is 10.7. The molecule has 0 heterocycles. The van der Waals surface area contributed by atoms with Crippen molar-refractivity contribution in [2.45, 2.75) is 17.9 Å². The van der Waals surface area contributed by atoms with Gasteiger partial charge in [-0.3, -0.25) is 9.00 Å². The molecular formula is C11H13Cl2NO4S2. The van der Waals surface area contributed by atoms with Gasteiger partial charge in [-0.05, 0) is 25.1 Å². The van der Waals surface area contributed by atoms with Crippen LogP contribution in [0.1, 0.15) is 17.3 Å². The number of hydrogen-bond donors (Lipinski definition) is 1. The van der Waals surface area contributed by atoms with Gasteiger partial charge < -0.3 is 5.32 Å². The minimum Gasteiger partial charge on any atom is -0.349 e. The maximum absolute atomic E-state index is 12.0. The van der Waals surface area contributed by atoms with Crippen molar-refractivity contribution >= 4 is 48.0 Å². The molecule has 1 N–H and O–H groups in total. The van der Waals surface area contributed by atoms with Crippen LogP contribution in [0.25, 0.3) is 0 Å². The fraction of sp³-hybridized carbons (Fsp3) is 0.364. The summed E-state index contributed by atoms with van der Waals surface area (Å²) in [5.74, 6) is -0.209. The van der Waals surface area contributed by atoms with E-state index in [1.54, 1.807) is 6.92 Å². The summed E-state index contributed by atoms with van der Waals surface area (Å²) in [6, 6.07) is 3.31. The van der Waals surface area contributed by atoms with E-state index < -0.39 is 25.8 Å². The van der Waals surface area contributed by atoms with Crippen molar-refractivity contribution < 1.29 is 17.4 Å². The zero-order chi connectivity index (χ0) is 15.5. The molecule has 0 aliphatic rings. The highest BCUT2D eigenvalue weighted by Gasteiger charge is 2.17. The molecule has 0 saturated heterocycles. The summed E-state index contributed by atoms with van der Waals surface area (Å²) in [7, 11) is 0.205. The Bertz CT molecular complexity index is 646. The first kappa shape index (κ1) is 17.4. The maximum atomic E-state index is 12.0. The van der Waals surface area contributed by atoms with E-state index in [0.29, 0.717) is 5.75 Å². The van der Waals surface area contributed by atoms with E-state index in [0.717, 1.165) is 12.1 Å². The molecule has 1 aromatic carbocycles. The number of carbonyl (C=O) groups excluding carboxylic acids is 1. The largest absolute Gasteiger partial charge is 0.349 e. The molecule has 0 saturated carbocycles. The molecule has 1 aromatic rings. The topological polar surface area (TPSA) is 80.3 Å². The van der Waals surface area contributed by atoms with E-state index >= 15 is 0 Å². The van der Waals surface area contributed by atoms with E-state index in [1.165, 1.54) is 12.3 Å². The van der Waals surface area contributed by atoms with Crippen LogP contribution in [0.4, 0.5) is 0 Å². The molecule has 0 fully saturated rings. The van der Waals surface area contributed by atoms with Crippen LogP contribution in [0.15, 0.2) is 23.1 Å². The van der Waals surface area contributed by atoms with Crippen LogP contribution < -0.4 is 5.32 Å². The Kier molecular flexibility index (Phi) is 6.00. The predicted molar refractivity (Wildman–Crippen MR) is 80.4 cm³/mol. The number of hydrogen-bond acceptors (Lipinski definition) is 4. The smallest absolute Gasteiger partial charge is 0.261 e. The SMILES string of the molecule is CC(CS(C)=O)NC(=O)c1cc(Cl)cc(S(=O)(=O)Cl)c1. The monoisotopic (exact) mass is 357 g/mol. The van der Waals surface area contributed by atoms with E-state index in [-0.39, 0.29) is 21.5 Å². The molecule has 0 aliphatic carbocycles. The molecular weight excluding hydrogens is 345 g/mol. The van der Waals surface area contributed by atoms with Gasteiger partial charge in [0.15, 0.2) is 0 Å². The van der Waals surface area contributed by atoms with Gasteiger partial charge in [0, 0.05) is 50.1 Å². The molecule has 0 aliphatic heterocycles. The van der Waals surface area contributed by atoms with E-state index in [4.69, 9.17) is 22.3 Å². The lowest BCUT2D eigenvalue weighted by atomic mass is 10.2. The highest BCUT2D eigenvalue weighted by Crippen LogP contribution is 2.22. The Morgan fingerprint density at radius 3 is 2.50 bits per heavy atom. The van der Waals surface area contributed by atoms with Crippen LogP contribution >= 0.6 is 22.3 Å². The average Bonchev–Trinajstić information content (AvgIpc) is 2.25. The molecule has 5 nitrogen and oxygen atoms in total. The number of amides is 1. The molecule has 2 atom stereocenters. The Balaban J connectivity index is 2.99. The van der Waals surface area contributed by atoms with Crippen LogP contribution in [0, 0.1) is 0 Å². The molecule has 112 valence electrons. The summed E-state index contributed by atoms with van der Waals surface area (Å²) in [5.41, 5.74) is 0.0745. The Hall–Kier alpha value is -0.630. The second-order valence-electron chi connectivity index (χ2n) is 4.23. The Morgan fingerprint density at radius 2 is 2.00 bits per heavy atom. The molecule has 1 amide bonds. The van der Waals surface area contributed by atoms with Gasteiger partial charge >= 0.3 is 0 Å². The lowest BCUT2D eigenvalue weighted by molar-refractivity contribution is 0.0943. The van der Waals surface area contributed by atoms with Crippen molar-refractivity contribution in [1.29, 1.82) is 0 Å². The van der Waals surface area contributed by atoms with Crippen molar-refractivity contribution in [1.82, 2.24) is 5.32 Å². The molecule has 0 aromatic heterocycles. The van der Waals surface area contributed by atoms with Gasteiger partial charge in [0.05, 0.1) is 4.90 Å². The van der Waals surface area contributed by atoms with Crippen LogP contribution in [-0.2, 0) is 19.9 Å². The lowest BCUT2D eigenvalue weighted by Gasteiger charge is -2.13. The summed E-state index contributed by atoms with van der Waals surface area (Å²) < 4.78 is 33.6. The normalized spacial score (nSPS) is 14.6.